The first-order valence-corrected chi connectivity index (χ1v) is 18.0. The molecule has 0 bridgehead atoms. The van der Waals surface area contributed by atoms with Crippen LogP contribution in [0.1, 0.15) is 27.9 Å². The van der Waals surface area contributed by atoms with Gasteiger partial charge in [0.15, 0.2) is 0 Å². The second kappa shape index (κ2) is 10.4. The second-order valence-electron chi connectivity index (χ2n) is 13.5. The fourth-order valence-corrected chi connectivity index (χ4v) is 10.4. The van der Waals surface area contributed by atoms with Gasteiger partial charge >= 0.3 is 0 Å². The van der Waals surface area contributed by atoms with Gasteiger partial charge in [0.2, 0.25) is 0 Å². The van der Waals surface area contributed by atoms with Crippen molar-refractivity contribution in [3.05, 3.63) is 180 Å². The Morgan fingerprint density at radius 1 is 0.367 bits per heavy atom. The number of rotatable bonds is 2. The van der Waals surface area contributed by atoms with E-state index in [0.29, 0.717) is 11.2 Å². The first-order chi connectivity index (χ1) is 24.3. The highest BCUT2D eigenvalue weighted by atomic mass is 32.2. The van der Waals surface area contributed by atoms with Crippen molar-refractivity contribution in [1.29, 1.82) is 0 Å². The van der Waals surface area contributed by atoms with Crippen molar-refractivity contribution in [3.63, 3.8) is 0 Å². The summed E-state index contributed by atoms with van der Waals surface area (Å²) in [5.41, 5.74) is 9.42. The molecule has 9 aromatic rings. The Morgan fingerprint density at radius 3 is 1.45 bits per heavy atom. The quantitative estimate of drug-likeness (QED) is 0.134. The van der Waals surface area contributed by atoms with Crippen LogP contribution in [0.25, 0.3) is 82.2 Å². The largest absolute Gasteiger partial charge is 0.117 e. The molecule has 0 aromatic heterocycles. The van der Waals surface area contributed by atoms with Gasteiger partial charge in [0.1, 0.15) is 0 Å². The second-order valence-corrected chi connectivity index (χ2v) is 14.7. The molecule has 0 radical (unpaired) electrons. The highest BCUT2D eigenvalue weighted by molar-refractivity contribution is 8.00. The number of thioether (sulfide) groups is 1. The maximum atomic E-state index is 2.47. The van der Waals surface area contributed by atoms with Gasteiger partial charge in [0.05, 0.1) is 0 Å². The molecule has 1 heteroatoms. The van der Waals surface area contributed by atoms with Crippen LogP contribution in [0.2, 0.25) is 0 Å². The summed E-state index contributed by atoms with van der Waals surface area (Å²) in [5.74, 6) is 0.418. The van der Waals surface area contributed by atoms with Gasteiger partial charge < -0.3 is 0 Å². The SMILES string of the molecule is C1=CC2c3ccc(-c4c5ccccc5c(-c5ccc6c7ccccc7c7ccccc7c6c5)c5ccccc45)cc3SC2c2ccccc21. The number of hydrogen-bond donors (Lipinski definition) is 0. The first-order valence-electron chi connectivity index (χ1n) is 17.2. The zero-order valence-corrected chi connectivity index (χ0v) is 27.5. The first kappa shape index (κ1) is 27.3. The summed E-state index contributed by atoms with van der Waals surface area (Å²) in [5, 5.41) is 13.4. The van der Waals surface area contributed by atoms with Gasteiger partial charge in [-0.3, -0.25) is 0 Å². The van der Waals surface area contributed by atoms with E-state index in [-0.39, 0.29) is 0 Å². The molecule has 2 atom stereocenters. The van der Waals surface area contributed by atoms with Crippen LogP contribution in [0.5, 0.6) is 0 Å². The van der Waals surface area contributed by atoms with Gasteiger partial charge in [-0.2, -0.15) is 0 Å². The lowest BCUT2D eigenvalue weighted by Gasteiger charge is -2.23. The molecule has 0 amide bonds. The Balaban J connectivity index is 1.14. The minimum Gasteiger partial charge on any atom is -0.117 e. The molecule has 0 saturated heterocycles. The molecule has 1 aliphatic carbocycles. The van der Waals surface area contributed by atoms with Crippen LogP contribution in [0.4, 0.5) is 0 Å². The zero-order valence-electron chi connectivity index (χ0n) is 26.7. The monoisotopic (exact) mass is 638 g/mol. The van der Waals surface area contributed by atoms with Gasteiger partial charge in [-0.15, -0.1) is 11.8 Å². The lowest BCUT2D eigenvalue weighted by atomic mass is 9.83. The lowest BCUT2D eigenvalue weighted by molar-refractivity contribution is 0.819. The van der Waals surface area contributed by atoms with E-state index < -0.39 is 0 Å². The van der Waals surface area contributed by atoms with E-state index in [1.54, 1.807) is 0 Å². The van der Waals surface area contributed by atoms with Crippen molar-refractivity contribution in [2.24, 2.45) is 0 Å². The molecule has 0 fully saturated rings. The van der Waals surface area contributed by atoms with E-state index in [1.807, 2.05) is 11.8 Å². The molecule has 0 spiro atoms. The number of hydrogen-bond acceptors (Lipinski definition) is 1. The Hall–Kier alpha value is -5.63. The van der Waals surface area contributed by atoms with Crippen LogP contribution in [0.3, 0.4) is 0 Å². The average molecular weight is 639 g/mol. The molecule has 1 aliphatic heterocycles. The summed E-state index contributed by atoms with van der Waals surface area (Å²) in [6.07, 6.45) is 4.73. The average Bonchev–Trinajstić information content (AvgIpc) is 3.55. The van der Waals surface area contributed by atoms with Crippen LogP contribution in [-0.2, 0) is 0 Å². The Morgan fingerprint density at radius 2 is 0.837 bits per heavy atom. The maximum Gasteiger partial charge on any atom is 0.0454 e. The topological polar surface area (TPSA) is 0 Å². The molecule has 0 saturated carbocycles. The summed E-state index contributed by atoms with van der Waals surface area (Å²) < 4.78 is 0. The van der Waals surface area contributed by atoms with Crippen LogP contribution in [0, 0.1) is 0 Å². The van der Waals surface area contributed by atoms with E-state index in [9.17, 15) is 0 Å². The molecule has 2 unspecified atom stereocenters. The minimum absolute atomic E-state index is 0.418. The third-order valence-corrected chi connectivity index (χ3v) is 12.4. The van der Waals surface area contributed by atoms with E-state index in [2.05, 4.69) is 170 Å². The lowest BCUT2D eigenvalue weighted by Crippen LogP contribution is -2.06. The maximum absolute atomic E-state index is 2.47. The standard InChI is InChI=1S/C48H30S/c1-2-12-32-29(11-1)21-26-43-38-25-23-31(28-45(38)49-48(32)43)47-41-19-9-7-17-39(41)46(40-18-8-10-20-42(40)47)30-22-24-37-35-15-4-3-13-33(35)34-14-5-6-16-36(34)44(37)27-30/h1-28,43,48H. The van der Waals surface area contributed by atoms with E-state index in [1.165, 1.54) is 97.7 Å². The van der Waals surface area contributed by atoms with E-state index >= 15 is 0 Å². The summed E-state index contributed by atoms with van der Waals surface area (Å²) >= 11 is 2.03. The van der Waals surface area contributed by atoms with Crippen LogP contribution in [-0.4, -0.2) is 0 Å². The van der Waals surface area contributed by atoms with Crippen LogP contribution >= 0.6 is 11.8 Å². The predicted octanol–water partition coefficient (Wildman–Crippen LogP) is 13.7. The van der Waals surface area contributed by atoms with Crippen molar-refractivity contribution in [2.75, 3.05) is 0 Å². The van der Waals surface area contributed by atoms with Gasteiger partial charge in [-0.05, 0) is 105 Å². The Labute approximate surface area is 289 Å². The van der Waals surface area contributed by atoms with Crippen molar-refractivity contribution in [3.8, 4) is 22.3 Å². The van der Waals surface area contributed by atoms with Gasteiger partial charge in [-0.1, -0.05) is 158 Å². The molecule has 2 aliphatic rings. The highest BCUT2D eigenvalue weighted by Gasteiger charge is 2.36. The fraction of sp³-hybridized carbons (Fsp3) is 0.0417. The number of allylic oxidation sites excluding steroid dienone is 1. The minimum atomic E-state index is 0.418. The Bertz CT molecular complexity index is 2780. The Kier molecular flexibility index (Phi) is 5.82. The third-order valence-electron chi connectivity index (χ3n) is 11.0. The van der Waals surface area contributed by atoms with Crippen LogP contribution in [0.15, 0.2) is 169 Å². The van der Waals surface area contributed by atoms with Crippen molar-refractivity contribution >= 4 is 71.7 Å². The third kappa shape index (κ3) is 3.94. The molecule has 228 valence electrons. The molecule has 11 rings (SSSR count). The predicted molar refractivity (Wildman–Crippen MR) is 212 cm³/mol. The molecule has 1 heterocycles. The van der Waals surface area contributed by atoms with Crippen LogP contribution < -0.4 is 0 Å². The van der Waals surface area contributed by atoms with Gasteiger partial charge in [0, 0.05) is 16.1 Å². The zero-order chi connectivity index (χ0) is 32.1. The summed E-state index contributed by atoms with van der Waals surface area (Å²) in [4.78, 5) is 1.40. The molecular formula is C48H30S. The van der Waals surface area contributed by atoms with Crippen molar-refractivity contribution < 1.29 is 0 Å². The van der Waals surface area contributed by atoms with Gasteiger partial charge in [-0.25, -0.2) is 0 Å². The summed E-state index contributed by atoms with van der Waals surface area (Å²) in [7, 11) is 0. The smallest absolute Gasteiger partial charge is 0.0454 e. The van der Waals surface area contributed by atoms with E-state index in [0.717, 1.165) is 0 Å². The van der Waals surface area contributed by atoms with E-state index in [4.69, 9.17) is 0 Å². The fourth-order valence-electron chi connectivity index (χ4n) is 8.84. The van der Waals surface area contributed by atoms with Crippen molar-refractivity contribution in [2.45, 2.75) is 16.1 Å². The normalized spacial score (nSPS) is 16.4. The van der Waals surface area contributed by atoms with Gasteiger partial charge in [0.25, 0.3) is 0 Å². The molecule has 0 nitrogen and oxygen atoms in total. The highest BCUT2D eigenvalue weighted by Crippen LogP contribution is 2.58. The molecule has 49 heavy (non-hydrogen) atoms. The summed E-state index contributed by atoms with van der Waals surface area (Å²) in [6.45, 7) is 0. The summed E-state index contributed by atoms with van der Waals surface area (Å²) in [6, 6.07) is 59.0. The number of fused-ring (bicyclic) bond motifs is 13. The molecule has 9 aromatic carbocycles. The molecular weight excluding hydrogens is 609 g/mol. The van der Waals surface area contributed by atoms with Crippen molar-refractivity contribution in [1.82, 2.24) is 0 Å². The molecule has 0 N–H and O–H groups in total. The number of benzene rings is 9.